The maximum atomic E-state index is 13.8. The lowest BCUT2D eigenvalue weighted by molar-refractivity contribution is -0.121. The molecule has 3 rings (SSSR count). The normalized spacial score (nSPS) is 21.2. The largest absolute Gasteiger partial charge is 0.469 e. The monoisotopic (exact) mass is 335 g/mol. The molecule has 6 nitrogen and oxygen atoms in total. The minimum Gasteiger partial charge on any atom is -0.469 e. The molecule has 0 aliphatic carbocycles. The molecule has 0 unspecified atom stereocenters. The maximum Gasteiger partial charge on any atom is 0.220 e. The van der Waals surface area contributed by atoms with Crippen molar-refractivity contribution in [3.63, 3.8) is 0 Å². The summed E-state index contributed by atoms with van der Waals surface area (Å²) in [5.74, 6) is 1.49. The van der Waals surface area contributed by atoms with Crippen molar-refractivity contribution in [3.05, 3.63) is 41.7 Å². The van der Waals surface area contributed by atoms with Crippen molar-refractivity contribution in [1.29, 1.82) is 0 Å². The predicted molar refractivity (Wildman–Crippen MR) is 85.0 cm³/mol. The van der Waals surface area contributed by atoms with Gasteiger partial charge in [-0.05, 0) is 25.5 Å². The Kier molecular flexibility index (Phi) is 5.30. The standard InChI is InChI=1S/C17H22FN3O3/c1-12-13(8-20-24-12)10-21-11-14(18)7-15(21)9-19-17(22)5-4-16-3-2-6-23-16/h2-3,6,8,14-15H,4-5,7,9-11H2,1H3,(H,19,22)/t14-,15-/m0/s1. The number of rotatable bonds is 7. The number of halogens is 1. The van der Waals surface area contributed by atoms with Gasteiger partial charge in [0.05, 0.1) is 12.5 Å². The Balaban J connectivity index is 1.47. The molecule has 0 spiro atoms. The van der Waals surface area contributed by atoms with Gasteiger partial charge in [-0.3, -0.25) is 9.69 Å². The third-order valence-corrected chi connectivity index (χ3v) is 4.41. The molecule has 3 heterocycles. The van der Waals surface area contributed by atoms with Gasteiger partial charge in [-0.15, -0.1) is 0 Å². The fourth-order valence-electron chi connectivity index (χ4n) is 3.03. The van der Waals surface area contributed by atoms with Crippen LogP contribution in [0.3, 0.4) is 0 Å². The number of amides is 1. The number of alkyl halides is 1. The fourth-order valence-corrected chi connectivity index (χ4v) is 3.03. The summed E-state index contributed by atoms with van der Waals surface area (Å²) in [5.41, 5.74) is 0.957. The zero-order valence-electron chi connectivity index (χ0n) is 13.7. The number of hydrogen-bond acceptors (Lipinski definition) is 5. The third kappa shape index (κ3) is 4.23. The molecule has 130 valence electrons. The number of hydrogen-bond donors (Lipinski definition) is 1. The number of nitrogens with one attached hydrogen (secondary N) is 1. The van der Waals surface area contributed by atoms with Gasteiger partial charge in [0.15, 0.2) is 0 Å². The zero-order chi connectivity index (χ0) is 16.9. The lowest BCUT2D eigenvalue weighted by Crippen LogP contribution is -2.39. The number of aryl methyl sites for hydroxylation is 2. The summed E-state index contributed by atoms with van der Waals surface area (Å²) in [4.78, 5) is 14.0. The molecule has 24 heavy (non-hydrogen) atoms. The Labute approximate surface area is 140 Å². The average Bonchev–Trinajstić information content (AvgIpc) is 3.27. The second-order valence-corrected chi connectivity index (χ2v) is 6.21. The molecule has 1 amide bonds. The van der Waals surface area contributed by atoms with Crippen LogP contribution in [0.2, 0.25) is 0 Å². The van der Waals surface area contributed by atoms with E-state index in [1.807, 2.05) is 17.9 Å². The molecule has 2 aromatic rings. The van der Waals surface area contributed by atoms with Gasteiger partial charge >= 0.3 is 0 Å². The molecule has 2 atom stereocenters. The average molecular weight is 335 g/mol. The topological polar surface area (TPSA) is 71.5 Å². The molecular formula is C17H22FN3O3. The van der Waals surface area contributed by atoms with Crippen molar-refractivity contribution >= 4 is 5.91 Å². The van der Waals surface area contributed by atoms with E-state index in [0.29, 0.717) is 38.9 Å². The van der Waals surface area contributed by atoms with Crippen LogP contribution in [0.4, 0.5) is 4.39 Å². The molecule has 0 saturated carbocycles. The molecule has 0 bridgehead atoms. The number of nitrogens with zero attached hydrogens (tertiary/aromatic N) is 2. The number of aromatic nitrogens is 1. The van der Waals surface area contributed by atoms with Crippen LogP contribution in [0.25, 0.3) is 0 Å². The summed E-state index contributed by atoms with van der Waals surface area (Å²) in [6, 6.07) is 3.64. The van der Waals surface area contributed by atoms with Crippen molar-refractivity contribution in [2.24, 2.45) is 0 Å². The van der Waals surface area contributed by atoms with E-state index in [4.69, 9.17) is 8.94 Å². The Morgan fingerprint density at radius 2 is 2.42 bits per heavy atom. The Morgan fingerprint density at radius 3 is 3.12 bits per heavy atom. The van der Waals surface area contributed by atoms with E-state index in [2.05, 4.69) is 10.5 Å². The highest BCUT2D eigenvalue weighted by atomic mass is 19.1. The molecule has 2 aromatic heterocycles. The molecule has 1 aliphatic heterocycles. The fraction of sp³-hybridized carbons (Fsp3) is 0.529. The van der Waals surface area contributed by atoms with Crippen LogP contribution < -0.4 is 5.32 Å². The highest BCUT2D eigenvalue weighted by molar-refractivity contribution is 5.76. The van der Waals surface area contributed by atoms with Gasteiger partial charge in [0.1, 0.15) is 17.7 Å². The number of carbonyl (C=O) groups excluding carboxylic acids is 1. The molecule has 7 heteroatoms. The first-order valence-electron chi connectivity index (χ1n) is 8.19. The van der Waals surface area contributed by atoms with Crippen molar-refractivity contribution in [3.8, 4) is 0 Å². The lowest BCUT2D eigenvalue weighted by Gasteiger charge is -2.23. The first kappa shape index (κ1) is 16.7. The van der Waals surface area contributed by atoms with Crippen LogP contribution in [-0.4, -0.2) is 41.3 Å². The van der Waals surface area contributed by atoms with Crippen LogP contribution in [0, 0.1) is 6.92 Å². The Morgan fingerprint density at radius 1 is 1.54 bits per heavy atom. The summed E-state index contributed by atoms with van der Waals surface area (Å²) in [6.45, 7) is 3.25. The van der Waals surface area contributed by atoms with Gasteiger partial charge in [0.25, 0.3) is 0 Å². The minimum atomic E-state index is -0.866. The zero-order valence-corrected chi connectivity index (χ0v) is 13.7. The van der Waals surface area contributed by atoms with E-state index in [0.717, 1.165) is 17.1 Å². The number of likely N-dealkylation sites (tertiary alicyclic amines) is 1. The summed E-state index contributed by atoms with van der Waals surface area (Å²) >= 11 is 0. The van der Waals surface area contributed by atoms with E-state index >= 15 is 0 Å². The van der Waals surface area contributed by atoms with E-state index in [9.17, 15) is 9.18 Å². The SMILES string of the molecule is Cc1oncc1CN1C[C@@H](F)C[C@H]1CNC(=O)CCc1ccco1. The van der Waals surface area contributed by atoms with E-state index in [1.54, 1.807) is 18.5 Å². The minimum absolute atomic E-state index is 0.0122. The first-order chi connectivity index (χ1) is 11.6. The van der Waals surface area contributed by atoms with Gasteiger partial charge in [0.2, 0.25) is 5.91 Å². The van der Waals surface area contributed by atoms with Crippen molar-refractivity contribution in [2.75, 3.05) is 13.1 Å². The van der Waals surface area contributed by atoms with Gasteiger partial charge in [-0.2, -0.15) is 0 Å². The quantitative estimate of drug-likeness (QED) is 0.840. The highest BCUT2D eigenvalue weighted by Gasteiger charge is 2.32. The lowest BCUT2D eigenvalue weighted by atomic mass is 10.2. The molecule has 1 saturated heterocycles. The van der Waals surface area contributed by atoms with Crippen LogP contribution in [0.15, 0.2) is 33.5 Å². The smallest absolute Gasteiger partial charge is 0.220 e. The van der Waals surface area contributed by atoms with Gasteiger partial charge in [-0.25, -0.2) is 4.39 Å². The summed E-state index contributed by atoms with van der Waals surface area (Å²) in [7, 11) is 0. The maximum absolute atomic E-state index is 13.8. The molecule has 0 aromatic carbocycles. The molecule has 0 radical (unpaired) electrons. The van der Waals surface area contributed by atoms with Gasteiger partial charge in [-0.1, -0.05) is 5.16 Å². The van der Waals surface area contributed by atoms with E-state index < -0.39 is 6.17 Å². The number of carbonyl (C=O) groups is 1. The van der Waals surface area contributed by atoms with Crippen molar-refractivity contribution in [1.82, 2.24) is 15.4 Å². The predicted octanol–water partition coefficient (Wildman–Crippen LogP) is 2.24. The summed E-state index contributed by atoms with van der Waals surface area (Å²) < 4.78 is 24.1. The van der Waals surface area contributed by atoms with Crippen molar-refractivity contribution < 1.29 is 18.1 Å². The highest BCUT2D eigenvalue weighted by Crippen LogP contribution is 2.23. The summed E-state index contributed by atoms with van der Waals surface area (Å²) in [6.07, 6.45) is 3.76. The number of furan rings is 1. The third-order valence-electron chi connectivity index (χ3n) is 4.41. The van der Waals surface area contributed by atoms with Crippen LogP contribution in [0.1, 0.15) is 29.9 Å². The molecular weight excluding hydrogens is 313 g/mol. The van der Waals surface area contributed by atoms with Crippen molar-refractivity contribution in [2.45, 2.75) is 44.9 Å². The molecule has 1 aliphatic rings. The van der Waals surface area contributed by atoms with Gasteiger partial charge < -0.3 is 14.3 Å². The first-order valence-corrected chi connectivity index (χ1v) is 8.19. The second-order valence-electron chi connectivity index (χ2n) is 6.21. The van der Waals surface area contributed by atoms with Crippen LogP contribution >= 0.6 is 0 Å². The second kappa shape index (κ2) is 7.61. The summed E-state index contributed by atoms with van der Waals surface area (Å²) in [5, 5.41) is 6.66. The molecule has 1 N–H and O–H groups in total. The van der Waals surface area contributed by atoms with E-state index in [-0.39, 0.29) is 11.9 Å². The van der Waals surface area contributed by atoms with Gasteiger partial charge in [0, 0.05) is 44.1 Å². The molecule has 1 fully saturated rings. The Hall–Kier alpha value is -2.15. The van der Waals surface area contributed by atoms with Crippen LogP contribution in [0.5, 0.6) is 0 Å². The van der Waals surface area contributed by atoms with Crippen LogP contribution in [-0.2, 0) is 17.8 Å². The van der Waals surface area contributed by atoms with E-state index in [1.165, 1.54) is 0 Å². The Bertz CT molecular complexity index is 656.